The molecular weight excluding hydrogens is 279 g/mol. The minimum Gasteiger partial charge on any atom is -0.314 e. The summed E-state index contributed by atoms with van der Waals surface area (Å²) >= 11 is 0.974. The predicted octanol–water partition coefficient (Wildman–Crippen LogP) is 2.88. The first-order valence-corrected chi connectivity index (χ1v) is 5.73. The van der Waals surface area contributed by atoms with Crippen LogP contribution >= 0.6 is 11.5 Å². The molecule has 98 valence electrons. The topological polar surface area (TPSA) is 74.5 Å². The molecule has 0 saturated heterocycles. The summed E-state index contributed by atoms with van der Waals surface area (Å²) in [6.45, 7) is 1.65. The quantitative estimate of drug-likeness (QED) is 0.918. The fourth-order valence-electron chi connectivity index (χ4n) is 1.25. The highest BCUT2D eigenvalue weighted by Gasteiger charge is 2.33. The number of alkyl halides is 3. The number of nitrogens with zero attached hydrogens (tertiary/aromatic N) is 4. The number of aryl methyl sites for hydroxylation is 1. The van der Waals surface area contributed by atoms with Crippen LogP contribution in [0.5, 0.6) is 0 Å². The molecule has 0 aliphatic heterocycles. The van der Waals surface area contributed by atoms with Crippen LogP contribution in [0.2, 0.25) is 0 Å². The summed E-state index contributed by atoms with van der Waals surface area (Å²) in [7, 11) is 0. The van der Waals surface area contributed by atoms with Gasteiger partial charge in [0.15, 0.2) is 5.82 Å². The monoisotopic (exact) mass is 285 g/mol. The third-order valence-electron chi connectivity index (χ3n) is 2.06. The van der Waals surface area contributed by atoms with Crippen molar-refractivity contribution in [3.05, 3.63) is 29.2 Å². The van der Waals surface area contributed by atoms with Crippen molar-refractivity contribution in [2.45, 2.75) is 13.1 Å². The standard InChI is InChI=1S/C10H6F3N5S/c1-5-15-9(19-18-5)17-8-6(4-14)2-3-7(16-8)10(11,12)13/h2-3H,1H3,(H,15,16,17,18). The van der Waals surface area contributed by atoms with Crippen molar-refractivity contribution in [2.75, 3.05) is 5.32 Å². The summed E-state index contributed by atoms with van der Waals surface area (Å²) in [5.41, 5.74) is -1.07. The number of pyridine rings is 1. The summed E-state index contributed by atoms with van der Waals surface area (Å²) in [5, 5.41) is 11.7. The van der Waals surface area contributed by atoms with Crippen molar-refractivity contribution in [2.24, 2.45) is 0 Å². The summed E-state index contributed by atoms with van der Waals surface area (Å²) in [5.74, 6) is 0.298. The molecule has 2 heterocycles. The van der Waals surface area contributed by atoms with Crippen molar-refractivity contribution in [1.29, 1.82) is 5.26 Å². The van der Waals surface area contributed by atoms with Gasteiger partial charge in [-0.3, -0.25) is 0 Å². The molecule has 0 amide bonds. The van der Waals surface area contributed by atoms with Gasteiger partial charge in [-0.05, 0) is 19.1 Å². The molecule has 0 aromatic carbocycles. The van der Waals surface area contributed by atoms with Gasteiger partial charge in [-0.25, -0.2) is 9.97 Å². The van der Waals surface area contributed by atoms with Crippen LogP contribution in [0.15, 0.2) is 12.1 Å². The zero-order valence-electron chi connectivity index (χ0n) is 9.49. The van der Waals surface area contributed by atoms with E-state index in [0.29, 0.717) is 5.82 Å². The van der Waals surface area contributed by atoms with Crippen LogP contribution in [0.4, 0.5) is 24.1 Å². The number of nitriles is 1. The van der Waals surface area contributed by atoms with Gasteiger partial charge in [-0.15, -0.1) is 0 Å². The zero-order chi connectivity index (χ0) is 14.0. The summed E-state index contributed by atoms with van der Waals surface area (Å²) in [6, 6.07) is 3.59. The number of nitrogens with one attached hydrogen (secondary N) is 1. The minimum absolute atomic E-state index is 0.000790. The molecule has 0 bridgehead atoms. The zero-order valence-corrected chi connectivity index (χ0v) is 10.3. The Hall–Kier alpha value is -2.21. The Bertz CT molecular complexity index is 643. The molecule has 2 aromatic heterocycles. The smallest absolute Gasteiger partial charge is 0.314 e. The average molecular weight is 285 g/mol. The second-order valence-electron chi connectivity index (χ2n) is 3.47. The Kier molecular flexibility index (Phi) is 3.35. The Labute approximate surface area is 109 Å². The van der Waals surface area contributed by atoms with E-state index in [1.54, 1.807) is 13.0 Å². The van der Waals surface area contributed by atoms with E-state index in [9.17, 15) is 13.2 Å². The van der Waals surface area contributed by atoms with Crippen molar-refractivity contribution in [1.82, 2.24) is 14.3 Å². The summed E-state index contributed by atoms with van der Waals surface area (Å²) < 4.78 is 41.5. The number of halogens is 3. The van der Waals surface area contributed by atoms with E-state index >= 15 is 0 Å². The van der Waals surface area contributed by atoms with E-state index in [1.807, 2.05) is 0 Å². The maximum atomic E-state index is 12.5. The lowest BCUT2D eigenvalue weighted by molar-refractivity contribution is -0.141. The lowest BCUT2D eigenvalue weighted by atomic mass is 10.2. The fraction of sp³-hybridized carbons (Fsp3) is 0.200. The Morgan fingerprint density at radius 2 is 2.05 bits per heavy atom. The molecule has 9 heteroatoms. The molecule has 5 nitrogen and oxygen atoms in total. The third kappa shape index (κ3) is 2.97. The lowest BCUT2D eigenvalue weighted by Gasteiger charge is -2.09. The number of anilines is 2. The van der Waals surface area contributed by atoms with Crippen LogP contribution in [0.25, 0.3) is 0 Å². The van der Waals surface area contributed by atoms with Gasteiger partial charge in [0.2, 0.25) is 5.13 Å². The Morgan fingerprint density at radius 3 is 2.58 bits per heavy atom. The molecule has 0 spiro atoms. The maximum Gasteiger partial charge on any atom is 0.433 e. The Morgan fingerprint density at radius 1 is 1.32 bits per heavy atom. The van der Waals surface area contributed by atoms with Crippen LogP contribution < -0.4 is 5.32 Å². The van der Waals surface area contributed by atoms with Crippen molar-refractivity contribution < 1.29 is 13.2 Å². The highest BCUT2D eigenvalue weighted by molar-refractivity contribution is 7.09. The van der Waals surface area contributed by atoms with Gasteiger partial charge in [0.25, 0.3) is 0 Å². The Balaban J connectivity index is 2.40. The molecule has 1 N–H and O–H groups in total. The van der Waals surface area contributed by atoms with Gasteiger partial charge in [0.05, 0.1) is 5.56 Å². The predicted molar refractivity (Wildman–Crippen MR) is 61.9 cm³/mol. The number of aromatic nitrogens is 3. The van der Waals surface area contributed by atoms with Gasteiger partial charge in [-0.1, -0.05) is 0 Å². The minimum atomic E-state index is -4.57. The second kappa shape index (κ2) is 4.81. The first-order chi connectivity index (χ1) is 8.90. The van der Waals surface area contributed by atoms with Crippen LogP contribution in [0, 0.1) is 18.3 Å². The second-order valence-corrected chi connectivity index (χ2v) is 4.23. The van der Waals surface area contributed by atoms with Crippen molar-refractivity contribution in [3.63, 3.8) is 0 Å². The molecule has 0 atom stereocenters. The summed E-state index contributed by atoms with van der Waals surface area (Å²) in [4.78, 5) is 7.34. The molecule has 0 saturated carbocycles. The van der Waals surface area contributed by atoms with E-state index in [0.717, 1.165) is 23.7 Å². The molecule has 19 heavy (non-hydrogen) atoms. The molecule has 0 radical (unpaired) electrons. The molecule has 2 aromatic rings. The highest BCUT2D eigenvalue weighted by atomic mass is 32.1. The lowest BCUT2D eigenvalue weighted by Crippen LogP contribution is -2.10. The SMILES string of the molecule is Cc1nsc(Nc2nc(C(F)(F)F)ccc2C#N)n1. The van der Waals surface area contributed by atoms with Gasteiger partial charge in [0, 0.05) is 11.5 Å². The van der Waals surface area contributed by atoms with Crippen molar-refractivity contribution in [3.8, 4) is 6.07 Å². The third-order valence-corrected chi connectivity index (χ3v) is 2.78. The van der Waals surface area contributed by atoms with Gasteiger partial charge >= 0.3 is 6.18 Å². The first-order valence-electron chi connectivity index (χ1n) is 4.96. The first kappa shape index (κ1) is 13.2. The van der Waals surface area contributed by atoms with E-state index in [2.05, 4.69) is 19.7 Å². The molecule has 0 aliphatic rings. The van der Waals surface area contributed by atoms with Crippen LogP contribution in [0.1, 0.15) is 17.1 Å². The molecule has 0 aliphatic carbocycles. The van der Waals surface area contributed by atoms with Crippen molar-refractivity contribution >= 4 is 22.5 Å². The van der Waals surface area contributed by atoms with E-state index < -0.39 is 11.9 Å². The van der Waals surface area contributed by atoms with E-state index in [1.165, 1.54) is 0 Å². The van der Waals surface area contributed by atoms with Crippen LogP contribution in [-0.2, 0) is 6.18 Å². The maximum absolute atomic E-state index is 12.5. The average Bonchev–Trinajstić information content (AvgIpc) is 2.73. The normalized spacial score (nSPS) is 11.1. The summed E-state index contributed by atoms with van der Waals surface area (Å²) in [6.07, 6.45) is -4.57. The molecule has 2 rings (SSSR count). The van der Waals surface area contributed by atoms with E-state index in [-0.39, 0.29) is 16.5 Å². The molecular formula is C10H6F3N5S. The number of hydrogen-bond donors (Lipinski definition) is 1. The number of rotatable bonds is 2. The van der Waals surface area contributed by atoms with Gasteiger partial charge in [-0.2, -0.15) is 22.8 Å². The van der Waals surface area contributed by atoms with Gasteiger partial charge in [0.1, 0.15) is 17.6 Å². The number of hydrogen-bond acceptors (Lipinski definition) is 6. The van der Waals surface area contributed by atoms with Crippen LogP contribution in [-0.4, -0.2) is 14.3 Å². The largest absolute Gasteiger partial charge is 0.433 e. The van der Waals surface area contributed by atoms with Crippen LogP contribution in [0.3, 0.4) is 0 Å². The molecule has 0 unspecified atom stereocenters. The van der Waals surface area contributed by atoms with E-state index in [4.69, 9.17) is 5.26 Å². The van der Waals surface area contributed by atoms with Gasteiger partial charge < -0.3 is 5.32 Å². The molecule has 0 fully saturated rings. The fourth-order valence-corrected chi connectivity index (χ4v) is 1.83. The highest BCUT2D eigenvalue weighted by Crippen LogP contribution is 2.30.